The van der Waals surface area contributed by atoms with Gasteiger partial charge >= 0.3 is 0 Å². The van der Waals surface area contributed by atoms with E-state index in [0.29, 0.717) is 12.4 Å². The zero-order valence-electron chi connectivity index (χ0n) is 12.8. The van der Waals surface area contributed by atoms with E-state index < -0.39 is 0 Å². The summed E-state index contributed by atoms with van der Waals surface area (Å²) in [5.41, 5.74) is 3.15. The minimum atomic E-state index is -0.264. The lowest BCUT2D eigenvalue weighted by Gasteiger charge is -2.07. The first-order valence-corrected chi connectivity index (χ1v) is 8.43. The van der Waals surface area contributed by atoms with Crippen molar-refractivity contribution in [3.05, 3.63) is 84.2 Å². The number of hydrogen-bond donors (Lipinski definition) is 0. The van der Waals surface area contributed by atoms with E-state index >= 15 is 0 Å². The lowest BCUT2D eigenvalue weighted by Crippen LogP contribution is -1.95. The van der Waals surface area contributed by atoms with Gasteiger partial charge in [0.15, 0.2) is 0 Å². The number of aromatic nitrogens is 1. The van der Waals surface area contributed by atoms with Crippen molar-refractivity contribution in [2.24, 2.45) is 0 Å². The van der Waals surface area contributed by atoms with Crippen molar-refractivity contribution in [1.82, 2.24) is 4.98 Å². The second-order valence-electron chi connectivity index (χ2n) is 5.43. The first-order chi connectivity index (χ1) is 11.8. The van der Waals surface area contributed by atoms with Gasteiger partial charge in [-0.15, -0.1) is 11.3 Å². The number of benzene rings is 3. The summed E-state index contributed by atoms with van der Waals surface area (Å²) in [5, 5.41) is 1.000. The molecule has 0 aliphatic rings. The molecule has 0 aliphatic carbocycles. The van der Waals surface area contributed by atoms with Crippen molar-refractivity contribution in [3.8, 4) is 16.3 Å². The van der Waals surface area contributed by atoms with Gasteiger partial charge in [-0.3, -0.25) is 0 Å². The summed E-state index contributed by atoms with van der Waals surface area (Å²) in [6.45, 7) is 0.435. The molecule has 0 fully saturated rings. The summed E-state index contributed by atoms with van der Waals surface area (Å²) < 4.78 is 19.8. The smallest absolute Gasteiger partial charge is 0.124 e. The molecule has 0 radical (unpaired) electrons. The van der Waals surface area contributed by atoms with Crippen LogP contribution in [0, 0.1) is 5.82 Å². The van der Waals surface area contributed by atoms with Crippen LogP contribution >= 0.6 is 11.3 Å². The minimum absolute atomic E-state index is 0.264. The summed E-state index contributed by atoms with van der Waals surface area (Å²) >= 11 is 1.68. The van der Waals surface area contributed by atoms with Crippen LogP contribution in [0.4, 0.5) is 4.39 Å². The van der Waals surface area contributed by atoms with Crippen LogP contribution in [0.5, 0.6) is 5.75 Å². The van der Waals surface area contributed by atoms with Gasteiger partial charge in [-0.05, 0) is 48.0 Å². The van der Waals surface area contributed by atoms with Crippen molar-refractivity contribution < 1.29 is 9.13 Å². The number of fused-ring (bicyclic) bond motifs is 1. The van der Waals surface area contributed by atoms with E-state index in [1.807, 2.05) is 30.3 Å². The molecule has 0 aliphatic heterocycles. The zero-order valence-corrected chi connectivity index (χ0v) is 13.6. The molecular formula is C20H14FNOS. The molecule has 4 aromatic rings. The maximum absolute atomic E-state index is 12.9. The van der Waals surface area contributed by atoms with Crippen LogP contribution in [0.25, 0.3) is 20.8 Å². The SMILES string of the molecule is Fc1ccc(OCc2cccc(-c3nc4ccccc4s3)c2)cc1. The van der Waals surface area contributed by atoms with Crippen LogP contribution in [-0.2, 0) is 6.61 Å². The van der Waals surface area contributed by atoms with Gasteiger partial charge in [0.05, 0.1) is 10.2 Å². The molecule has 1 aromatic heterocycles. The highest BCUT2D eigenvalue weighted by molar-refractivity contribution is 7.21. The molecule has 0 amide bonds. The maximum Gasteiger partial charge on any atom is 0.124 e. The highest BCUT2D eigenvalue weighted by Gasteiger charge is 2.07. The average Bonchev–Trinajstić information content (AvgIpc) is 3.06. The molecule has 4 heteroatoms. The number of halogens is 1. The van der Waals surface area contributed by atoms with Gasteiger partial charge in [-0.1, -0.05) is 30.3 Å². The third-order valence-corrected chi connectivity index (χ3v) is 4.77. The Hall–Kier alpha value is -2.72. The summed E-state index contributed by atoms with van der Waals surface area (Å²) in [6, 6.07) is 22.3. The normalized spacial score (nSPS) is 10.9. The zero-order chi connectivity index (χ0) is 16.4. The maximum atomic E-state index is 12.9. The summed E-state index contributed by atoms with van der Waals surface area (Å²) in [5.74, 6) is 0.391. The molecule has 0 atom stereocenters. The molecule has 0 spiro atoms. The number of thiazole rings is 1. The molecule has 0 saturated heterocycles. The van der Waals surface area contributed by atoms with Crippen LogP contribution in [0.15, 0.2) is 72.8 Å². The predicted octanol–water partition coefficient (Wildman–Crippen LogP) is 5.68. The van der Waals surface area contributed by atoms with Crippen LogP contribution in [0.2, 0.25) is 0 Å². The third-order valence-electron chi connectivity index (χ3n) is 3.69. The van der Waals surface area contributed by atoms with Crippen molar-refractivity contribution in [3.63, 3.8) is 0 Å². The predicted molar refractivity (Wildman–Crippen MR) is 95.8 cm³/mol. The van der Waals surface area contributed by atoms with Crippen molar-refractivity contribution in [2.75, 3.05) is 0 Å². The Bertz CT molecular complexity index is 945. The lowest BCUT2D eigenvalue weighted by atomic mass is 10.1. The molecule has 24 heavy (non-hydrogen) atoms. The number of ether oxygens (including phenoxy) is 1. The molecule has 0 bridgehead atoms. The number of para-hydroxylation sites is 1. The monoisotopic (exact) mass is 335 g/mol. The fraction of sp³-hybridized carbons (Fsp3) is 0.0500. The fourth-order valence-electron chi connectivity index (χ4n) is 2.49. The van der Waals surface area contributed by atoms with Gasteiger partial charge in [0.25, 0.3) is 0 Å². The second-order valence-corrected chi connectivity index (χ2v) is 6.46. The summed E-state index contributed by atoms with van der Waals surface area (Å²) in [7, 11) is 0. The Balaban J connectivity index is 1.55. The highest BCUT2D eigenvalue weighted by Crippen LogP contribution is 2.30. The molecule has 0 unspecified atom stereocenters. The summed E-state index contributed by atoms with van der Waals surface area (Å²) in [6.07, 6.45) is 0. The second kappa shape index (κ2) is 6.42. The molecular weight excluding hydrogens is 321 g/mol. The van der Waals surface area contributed by atoms with Gasteiger partial charge in [0.1, 0.15) is 23.2 Å². The molecule has 2 nitrogen and oxygen atoms in total. The van der Waals surface area contributed by atoms with E-state index in [4.69, 9.17) is 4.74 Å². The first kappa shape index (κ1) is 14.8. The average molecular weight is 335 g/mol. The highest BCUT2D eigenvalue weighted by atomic mass is 32.1. The van der Waals surface area contributed by atoms with E-state index in [9.17, 15) is 4.39 Å². The van der Waals surface area contributed by atoms with E-state index in [2.05, 4.69) is 23.2 Å². The Morgan fingerprint density at radius 2 is 1.75 bits per heavy atom. The Labute approximate surface area is 143 Å². The largest absolute Gasteiger partial charge is 0.489 e. The molecule has 3 aromatic carbocycles. The quantitative estimate of drug-likeness (QED) is 0.478. The van der Waals surface area contributed by atoms with Crippen LogP contribution < -0.4 is 4.74 Å². The van der Waals surface area contributed by atoms with Gasteiger partial charge < -0.3 is 4.74 Å². The lowest BCUT2D eigenvalue weighted by molar-refractivity contribution is 0.306. The topological polar surface area (TPSA) is 22.1 Å². The third kappa shape index (κ3) is 3.14. The van der Waals surface area contributed by atoms with E-state index in [-0.39, 0.29) is 5.82 Å². The van der Waals surface area contributed by atoms with Crippen LogP contribution in [0.3, 0.4) is 0 Å². The fourth-order valence-corrected chi connectivity index (χ4v) is 3.45. The van der Waals surface area contributed by atoms with Crippen LogP contribution in [-0.4, -0.2) is 4.98 Å². The van der Waals surface area contributed by atoms with Crippen molar-refractivity contribution in [2.45, 2.75) is 6.61 Å². The van der Waals surface area contributed by atoms with Gasteiger partial charge in [-0.2, -0.15) is 0 Å². The molecule has 0 N–H and O–H groups in total. The molecule has 118 valence electrons. The van der Waals surface area contributed by atoms with Gasteiger partial charge in [0, 0.05) is 5.56 Å². The Kier molecular flexibility index (Phi) is 3.97. The van der Waals surface area contributed by atoms with Crippen molar-refractivity contribution in [1.29, 1.82) is 0 Å². The first-order valence-electron chi connectivity index (χ1n) is 7.61. The van der Waals surface area contributed by atoms with Gasteiger partial charge in [0.2, 0.25) is 0 Å². The molecule has 4 rings (SSSR count). The van der Waals surface area contributed by atoms with E-state index in [1.54, 1.807) is 23.5 Å². The number of hydrogen-bond acceptors (Lipinski definition) is 3. The van der Waals surface area contributed by atoms with E-state index in [1.165, 1.54) is 16.8 Å². The number of rotatable bonds is 4. The van der Waals surface area contributed by atoms with Gasteiger partial charge in [-0.25, -0.2) is 9.37 Å². The standard InChI is InChI=1S/C20H14FNOS/c21-16-8-10-17(11-9-16)23-13-14-4-3-5-15(12-14)20-22-18-6-1-2-7-19(18)24-20/h1-12H,13H2. The Morgan fingerprint density at radius 1 is 0.917 bits per heavy atom. The minimum Gasteiger partial charge on any atom is -0.489 e. The van der Waals surface area contributed by atoms with Crippen LogP contribution in [0.1, 0.15) is 5.56 Å². The molecule has 0 saturated carbocycles. The van der Waals surface area contributed by atoms with E-state index in [0.717, 1.165) is 21.7 Å². The molecule has 1 heterocycles. The number of nitrogens with zero attached hydrogens (tertiary/aromatic N) is 1. The van der Waals surface area contributed by atoms with Crippen molar-refractivity contribution >= 4 is 21.6 Å². The Morgan fingerprint density at radius 3 is 2.58 bits per heavy atom. The summed E-state index contributed by atoms with van der Waals surface area (Å²) in [4.78, 5) is 4.69.